The minimum absolute atomic E-state index is 0.0497. The van der Waals surface area contributed by atoms with Gasteiger partial charge < -0.3 is 5.32 Å². The van der Waals surface area contributed by atoms with Crippen molar-refractivity contribution in [2.24, 2.45) is 0 Å². The Morgan fingerprint density at radius 1 is 0.853 bits per heavy atom. The van der Waals surface area contributed by atoms with Crippen LogP contribution in [0.15, 0.2) is 77.7 Å². The molecule has 0 spiro atoms. The fourth-order valence-electron chi connectivity index (χ4n) is 3.87. The first kappa shape index (κ1) is 23.8. The number of amides is 1. The van der Waals surface area contributed by atoms with Gasteiger partial charge in [-0.3, -0.25) is 14.4 Å². The summed E-state index contributed by atoms with van der Waals surface area (Å²) in [5, 5.41) is 3.04. The second-order valence-corrected chi connectivity index (χ2v) is 9.97. The minimum Gasteiger partial charge on any atom is -0.349 e. The molecule has 3 aromatic carbocycles. The van der Waals surface area contributed by atoms with Gasteiger partial charge in [0.15, 0.2) is 0 Å². The van der Waals surface area contributed by atoms with E-state index in [4.69, 9.17) is 0 Å². The monoisotopic (exact) mass is 485 g/mol. The molecule has 0 unspecified atom stereocenters. The lowest BCUT2D eigenvalue weighted by atomic mass is 10.0. The molecule has 0 radical (unpaired) electrons. The minimum atomic E-state index is -3.86. The van der Waals surface area contributed by atoms with E-state index >= 15 is 0 Å². The number of nitrogens with one attached hydrogen (secondary N) is 2. The van der Waals surface area contributed by atoms with E-state index in [0.29, 0.717) is 11.3 Å². The van der Waals surface area contributed by atoms with Crippen LogP contribution in [0.2, 0.25) is 0 Å². The number of carbonyl (C=O) groups excluding carboxylic acids is 1. The molecule has 0 saturated carbocycles. The Morgan fingerprint density at radius 3 is 2.00 bits per heavy atom. The number of benzene rings is 3. The molecule has 0 atom stereocenters. The fourth-order valence-corrected chi connectivity index (χ4v) is 4.93. The van der Waals surface area contributed by atoms with Crippen molar-refractivity contribution in [3.63, 3.8) is 0 Å². The second-order valence-electron chi connectivity index (χ2n) is 8.29. The van der Waals surface area contributed by atoms with Crippen LogP contribution >= 0.6 is 0 Å². The molecule has 1 fully saturated rings. The number of likely N-dealkylation sites (tertiary alicyclic amines) is 1. The van der Waals surface area contributed by atoms with E-state index in [2.05, 4.69) is 14.9 Å². The molecule has 0 bridgehead atoms. The van der Waals surface area contributed by atoms with Gasteiger partial charge in [0.05, 0.1) is 4.90 Å². The molecule has 1 aliphatic heterocycles. The van der Waals surface area contributed by atoms with E-state index in [9.17, 15) is 22.0 Å². The second kappa shape index (κ2) is 10.3. The summed E-state index contributed by atoms with van der Waals surface area (Å²) in [7, 11) is -3.86. The van der Waals surface area contributed by atoms with Crippen LogP contribution in [0.3, 0.4) is 0 Å². The lowest BCUT2D eigenvalue weighted by Gasteiger charge is -2.32. The Balaban J connectivity index is 1.27. The Morgan fingerprint density at radius 2 is 1.41 bits per heavy atom. The van der Waals surface area contributed by atoms with Crippen LogP contribution < -0.4 is 10.0 Å². The Bertz CT molecular complexity index is 1220. The number of hydrogen-bond donors (Lipinski definition) is 2. The molecule has 178 valence electrons. The number of anilines is 1. The van der Waals surface area contributed by atoms with Crippen LogP contribution in [0, 0.1) is 11.6 Å². The molecular formula is C25H25F2N3O3S. The van der Waals surface area contributed by atoms with E-state index in [1.807, 2.05) is 0 Å². The molecular weight excluding hydrogens is 460 g/mol. The molecule has 1 aliphatic rings. The first-order valence-electron chi connectivity index (χ1n) is 10.9. The molecule has 1 amide bonds. The average Bonchev–Trinajstić information content (AvgIpc) is 2.82. The topological polar surface area (TPSA) is 78.5 Å². The highest BCUT2D eigenvalue weighted by Crippen LogP contribution is 2.18. The molecule has 6 nitrogen and oxygen atoms in total. The first-order valence-corrected chi connectivity index (χ1v) is 12.4. The van der Waals surface area contributed by atoms with E-state index < -0.39 is 15.8 Å². The predicted octanol–water partition coefficient (Wildman–Crippen LogP) is 4.16. The number of rotatable bonds is 7. The predicted molar refractivity (Wildman–Crippen MR) is 126 cm³/mol. The van der Waals surface area contributed by atoms with Gasteiger partial charge in [-0.25, -0.2) is 17.2 Å². The summed E-state index contributed by atoms with van der Waals surface area (Å²) >= 11 is 0. The highest BCUT2D eigenvalue weighted by atomic mass is 32.2. The van der Waals surface area contributed by atoms with Gasteiger partial charge in [-0.05, 0) is 79.1 Å². The molecule has 0 aliphatic carbocycles. The van der Waals surface area contributed by atoms with Crippen molar-refractivity contribution >= 4 is 21.6 Å². The lowest BCUT2D eigenvalue weighted by Crippen LogP contribution is -2.44. The molecule has 3 aromatic rings. The number of nitrogens with zero attached hydrogens (tertiary/aromatic N) is 1. The summed E-state index contributed by atoms with van der Waals surface area (Å²) in [5.41, 5.74) is 1.78. The molecule has 0 aromatic heterocycles. The van der Waals surface area contributed by atoms with Gasteiger partial charge in [-0.15, -0.1) is 0 Å². The van der Waals surface area contributed by atoms with Crippen molar-refractivity contribution in [1.82, 2.24) is 10.2 Å². The van der Waals surface area contributed by atoms with Crippen molar-refractivity contribution in [2.45, 2.75) is 30.3 Å². The van der Waals surface area contributed by atoms with Crippen LogP contribution in [0.4, 0.5) is 14.5 Å². The Labute approximate surface area is 197 Å². The third-order valence-corrected chi connectivity index (χ3v) is 7.16. The van der Waals surface area contributed by atoms with E-state index in [-0.39, 0.29) is 22.7 Å². The molecule has 1 heterocycles. The third kappa shape index (κ3) is 6.18. The Hall–Kier alpha value is -3.30. The summed E-state index contributed by atoms with van der Waals surface area (Å²) in [4.78, 5) is 14.9. The lowest BCUT2D eigenvalue weighted by molar-refractivity contribution is 0.0909. The maximum atomic E-state index is 13.1. The highest BCUT2D eigenvalue weighted by Gasteiger charge is 2.21. The van der Waals surface area contributed by atoms with Crippen molar-refractivity contribution < 1.29 is 22.0 Å². The zero-order valence-corrected chi connectivity index (χ0v) is 19.2. The molecule has 1 saturated heterocycles. The average molecular weight is 486 g/mol. The number of hydrogen-bond acceptors (Lipinski definition) is 4. The SMILES string of the molecule is O=C(NC1CCN(Cc2ccc(F)cc2)CC1)c1ccc(NS(=O)(=O)c2ccc(F)cc2)cc1. The van der Waals surface area contributed by atoms with Crippen molar-refractivity contribution in [2.75, 3.05) is 17.8 Å². The Kier molecular flexibility index (Phi) is 7.23. The maximum absolute atomic E-state index is 13.1. The number of piperidine rings is 1. The van der Waals surface area contributed by atoms with Crippen LogP contribution in [-0.4, -0.2) is 38.4 Å². The zero-order chi connectivity index (χ0) is 24.1. The number of carbonyl (C=O) groups is 1. The largest absolute Gasteiger partial charge is 0.349 e. The fraction of sp³-hybridized carbons (Fsp3) is 0.240. The molecule has 4 rings (SSSR count). The summed E-state index contributed by atoms with van der Waals surface area (Å²) in [6.07, 6.45) is 1.62. The van der Waals surface area contributed by atoms with Crippen molar-refractivity contribution in [1.29, 1.82) is 0 Å². The summed E-state index contributed by atoms with van der Waals surface area (Å²) in [6, 6.07) is 17.2. The standard InChI is InChI=1S/C25H25F2N3O3S/c26-20-5-1-18(2-6-20)17-30-15-13-22(14-16-30)28-25(31)19-3-9-23(10-4-19)29-34(32,33)24-11-7-21(27)8-12-24/h1-12,22,29H,13-17H2,(H,28,31). The van der Waals surface area contributed by atoms with E-state index in [1.54, 1.807) is 24.3 Å². The van der Waals surface area contributed by atoms with E-state index in [0.717, 1.165) is 50.2 Å². The van der Waals surface area contributed by atoms with Crippen LogP contribution in [-0.2, 0) is 16.6 Å². The van der Waals surface area contributed by atoms with Gasteiger partial charge >= 0.3 is 0 Å². The van der Waals surface area contributed by atoms with Gasteiger partial charge in [0.2, 0.25) is 0 Å². The van der Waals surface area contributed by atoms with Gasteiger partial charge in [-0.2, -0.15) is 0 Å². The van der Waals surface area contributed by atoms with Gasteiger partial charge in [0, 0.05) is 36.9 Å². The van der Waals surface area contributed by atoms with Crippen LogP contribution in [0.5, 0.6) is 0 Å². The van der Waals surface area contributed by atoms with Gasteiger partial charge in [-0.1, -0.05) is 12.1 Å². The quantitative estimate of drug-likeness (QED) is 0.527. The summed E-state index contributed by atoms with van der Waals surface area (Å²) < 4.78 is 53.4. The van der Waals surface area contributed by atoms with Crippen molar-refractivity contribution in [3.8, 4) is 0 Å². The molecule has 9 heteroatoms. The zero-order valence-electron chi connectivity index (χ0n) is 18.4. The number of sulfonamides is 1. The summed E-state index contributed by atoms with van der Waals surface area (Å²) in [6.45, 7) is 2.40. The van der Waals surface area contributed by atoms with E-state index in [1.165, 1.54) is 36.4 Å². The number of halogens is 2. The van der Waals surface area contributed by atoms with Crippen LogP contribution in [0.25, 0.3) is 0 Å². The smallest absolute Gasteiger partial charge is 0.261 e. The third-order valence-electron chi connectivity index (χ3n) is 5.77. The first-order chi connectivity index (χ1) is 16.3. The maximum Gasteiger partial charge on any atom is 0.261 e. The van der Waals surface area contributed by atoms with Crippen molar-refractivity contribution in [3.05, 3.63) is 95.6 Å². The van der Waals surface area contributed by atoms with Crippen LogP contribution in [0.1, 0.15) is 28.8 Å². The highest BCUT2D eigenvalue weighted by molar-refractivity contribution is 7.92. The van der Waals surface area contributed by atoms with Gasteiger partial charge in [0.25, 0.3) is 15.9 Å². The van der Waals surface area contributed by atoms with Gasteiger partial charge in [0.1, 0.15) is 11.6 Å². The molecule has 2 N–H and O–H groups in total. The molecule has 34 heavy (non-hydrogen) atoms. The summed E-state index contributed by atoms with van der Waals surface area (Å²) in [5.74, 6) is -0.985. The normalized spacial score (nSPS) is 15.1.